The molecule has 1 fully saturated rings. The van der Waals surface area contributed by atoms with Gasteiger partial charge in [0.2, 0.25) is 5.91 Å². The molecule has 1 aliphatic rings. The fraction of sp³-hybridized carbons (Fsp3) is 0.833. The average Bonchev–Trinajstić information content (AvgIpc) is 2.56. The zero-order valence-corrected chi connectivity index (χ0v) is 11.0. The van der Waals surface area contributed by atoms with Crippen LogP contribution >= 0.6 is 0 Å². The van der Waals surface area contributed by atoms with Gasteiger partial charge in [0.15, 0.2) is 0 Å². The number of ether oxygens (including phenoxy) is 1. The molecule has 1 rings (SSSR count). The van der Waals surface area contributed by atoms with E-state index in [0.717, 1.165) is 6.54 Å². The minimum atomic E-state index is -0.177. The number of esters is 1. The molecule has 1 N–H and O–H groups in total. The van der Waals surface area contributed by atoms with Crippen LogP contribution in [0.15, 0.2) is 0 Å². The lowest BCUT2D eigenvalue weighted by molar-refractivity contribution is -0.146. The van der Waals surface area contributed by atoms with Gasteiger partial charge in [-0.15, -0.1) is 0 Å². The van der Waals surface area contributed by atoms with Crippen LogP contribution in [0.1, 0.15) is 20.8 Å². The van der Waals surface area contributed by atoms with E-state index in [2.05, 4.69) is 5.32 Å². The zero-order valence-electron chi connectivity index (χ0n) is 11.0. The van der Waals surface area contributed by atoms with E-state index in [0.29, 0.717) is 13.1 Å². The van der Waals surface area contributed by atoms with Gasteiger partial charge in [-0.25, -0.2) is 0 Å². The summed E-state index contributed by atoms with van der Waals surface area (Å²) in [5.41, 5.74) is 0. The second kappa shape index (κ2) is 6.00. The van der Waals surface area contributed by atoms with Crippen molar-refractivity contribution in [2.45, 2.75) is 26.8 Å². The number of carbonyl (C=O) groups excluding carboxylic acids is 2. The molecule has 0 aromatic rings. The highest BCUT2D eigenvalue weighted by Gasteiger charge is 2.35. The smallest absolute Gasteiger partial charge is 0.310 e. The van der Waals surface area contributed by atoms with Gasteiger partial charge in [-0.1, -0.05) is 6.92 Å². The van der Waals surface area contributed by atoms with E-state index in [1.807, 2.05) is 25.7 Å². The molecule has 98 valence electrons. The van der Waals surface area contributed by atoms with Crippen LogP contribution in [0.25, 0.3) is 0 Å². The molecule has 1 aliphatic heterocycles. The van der Waals surface area contributed by atoms with Crippen molar-refractivity contribution < 1.29 is 14.3 Å². The minimum absolute atomic E-state index is 0.0118. The number of hydrogen-bond donors (Lipinski definition) is 1. The van der Waals surface area contributed by atoms with E-state index in [1.165, 1.54) is 7.11 Å². The lowest BCUT2D eigenvalue weighted by atomic mass is 9.99. The van der Waals surface area contributed by atoms with Crippen LogP contribution in [-0.4, -0.2) is 49.6 Å². The third-order valence-electron chi connectivity index (χ3n) is 3.01. The van der Waals surface area contributed by atoms with Crippen molar-refractivity contribution in [2.75, 3.05) is 26.7 Å². The normalized spacial score (nSPS) is 25.0. The summed E-state index contributed by atoms with van der Waals surface area (Å²) in [7, 11) is 1.41. The molecule has 1 amide bonds. The summed E-state index contributed by atoms with van der Waals surface area (Å²) in [4.78, 5) is 25.1. The third kappa shape index (κ3) is 4.00. The summed E-state index contributed by atoms with van der Waals surface area (Å²) in [6.45, 7) is 7.62. The molecule has 1 heterocycles. The monoisotopic (exact) mass is 242 g/mol. The van der Waals surface area contributed by atoms with Gasteiger partial charge in [0.05, 0.1) is 19.6 Å². The third-order valence-corrected chi connectivity index (χ3v) is 3.01. The summed E-state index contributed by atoms with van der Waals surface area (Å²) in [5.74, 6) is -0.0249. The molecule has 2 atom stereocenters. The molecule has 0 radical (unpaired) electrons. The van der Waals surface area contributed by atoms with E-state index in [4.69, 9.17) is 4.74 Å². The lowest BCUT2D eigenvalue weighted by Crippen LogP contribution is -2.39. The van der Waals surface area contributed by atoms with Crippen LogP contribution in [0.5, 0.6) is 0 Å². The largest absolute Gasteiger partial charge is 0.469 e. The minimum Gasteiger partial charge on any atom is -0.469 e. The summed E-state index contributed by atoms with van der Waals surface area (Å²) in [5, 5.41) is 2.85. The molecule has 2 unspecified atom stereocenters. The van der Waals surface area contributed by atoms with Crippen molar-refractivity contribution in [2.24, 2.45) is 11.8 Å². The molecule has 1 saturated heterocycles. The van der Waals surface area contributed by atoms with Crippen LogP contribution in [-0.2, 0) is 14.3 Å². The van der Waals surface area contributed by atoms with Crippen molar-refractivity contribution in [1.29, 1.82) is 0 Å². The second-order valence-electron chi connectivity index (χ2n) is 5.02. The predicted octanol–water partition coefficient (Wildman–Crippen LogP) is 0.252. The Morgan fingerprint density at radius 2 is 2.06 bits per heavy atom. The Bertz CT molecular complexity index is 291. The van der Waals surface area contributed by atoms with Crippen LogP contribution in [0.3, 0.4) is 0 Å². The van der Waals surface area contributed by atoms with Crippen LogP contribution in [0, 0.1) is 11.8 Å². The number of methoxy groups -OCH3 is 1. The maximum absolute atomic E-state index is 11.6. The molecule has 0 saturated carbocycles. The SMILES string of the molecule is COC(=O)C1CN(CC(=O)NC(C)C)CC1C. The van der Waals surface area contributed by atoms with Crippen LogP contribution in [0.4, 0.5) is 0 Å². The molecule has 0 aromatic carbocycles. The lowest BCUT2D eigenvalue weighted by Gasteiger charge is -2.16. The number of nitrogens with one attached hydrogen (secondary N) is 1. The zero-order chi connectivity index (χ0) is 13.0. The Labute approximate surface area is 102 Å². The van der Waals surface area contributed by atoms with Gasteiger partial charge < -0.3 is 10.1 Å². The Morgan fingerprint density at radius 1 is 1.41 bits per heavy atom. The van der Waals surface area contributed by atoms with Crippen molar-refractivity contribution in [3.05, 3.63) is 0 Å². The van der Waals surface area contributed by atoms with Crippen molar-refractivity contribution >= 4 is 11.9 Å². The van der Waals surface area contributed by atoms with Crippen LogP contribution < -0.4 is 5.32 Å². The highest BCUT2D eigenvalue weighted by molar-refractivity contribution is 5.78. The summed E-state index contributed by atoms with van der Waals surface area (Å²) >= 11 is 0. The van der Waals surface area contributed by atoms with Gasteiger partial charge in [0, 0.05) is 19.1 Å². The number of amides is 1. The van der Waals surface area contributed by atoms with Crippen molar-refractivity contribution in [3.63, 3.8) is 0 Å². The summed E-state index contributed by atoms with van der Waals surface area (Å²) in [6, 6.07) is 0.152. The molecule has 0 bridgehead atoms. The first-order valence-corrected chi connectivity index (χ1v) is 6.03. The standard InChI is InChI=1S/C12H22N2O3/c1-8(2)13-11(15)7-14-5-9(3)10(6-14)12(16)17-4/h8-10H,5-7H2,1-4H3,(H,13,15). The van der Waals surface area contributed by atoms with Gasteiger partial charge in [-0.05, 0) is 19.8 Å². The topological polar surface area (TPSA) is 58.6 Å². The Morgan fingerprint density at radius 3 is 2.59 bits per heavy atom. The maximum Gasteiger partial charge on any atom is 0.310 e. The number of nitrogens with zero attached hydrogens (tertiary/aromatic N) is 1. The number of carbonyl (C=O) groups is 2. The maximum atomic E-state index is 11.6. The Balaban J connectivity index is 2.43. The Hall–Kier alpha value is -1.10. The highest BCUT2D eigenvalue weighted by atomic mass is 16.5. The molecule has 5 nitrogen and oxygen atoms in total. The Kier molecular flexibility index (Phi) is 4.93. The van der Waals surface area contributed by atoms with Gasteiger partial charge >= 0.3 is 5.97 Å². The van der Waals surface area contributed by atoms with Gasteiger partial charge in [0.1, 0.15) is 0 Å². The average molecular weight is 242 g/mol. The van der Waals surface area contributed by atoms with E-state index in [-0.39, 0.29) is 29.8 Å². The summed E-state index contributed by atoms with van der Waals surface area (Å²) in [6.07, 6.45) is 0. The molecule has 0 spiro atoms. The van der Waals surface area contributed by atoms with E-state index in [9.17, 15) is 9.59 Å². The van der Waals surface area contributed by atoms with Crippen molar-refractivity contribution in [1.82, 2.24) is 10.2 Å². The number of likely N-dealkylation sites (tertiary alicyclic amines) is 1. The molecular formula is C12H22N2O3. The first kappa shape index (κ1) is 14.0. The number of hydrogen-bond acceptors (Lipinski definition) is 4. The summed E-state index contributed by atoms with van der Waals surface area (Å²) < 4.78 is 4.76. The first-order chi connectivity index (χ1) is 7.93. The van der Waals surface area contributed by atoms with Crippen LogP contribution in [0.2, 0.25) is 0 Å². The fourth-order valence-corrected chi connectivity index (χ4v) is 2.23. The quantitative estimate of drug-likeness (QED) is 0.718. The second-order valence-corrected chi connectivity index (χ2v) is 5.02. The predicted molar refractivity (Wildman–Crippen MR) is 64.4 cm³/mol. The molecular weight excluding hydrogens is 220 g/mol. The number of rotatable bonds is 4. The molecule has 5 heteroatoms. The van der Waals surface area contributed by atoms with Crippen molar-refractivity contribution in [3.8, 4) is 0 Å². The van der Waals surface area contributed by atoms with Gasteiger partial charge in [-0.2, -0.15) is 0 Å². The molecule has 17 heavy (non-hydrogen) atoms. The molecule has 0 aromatic heterocycles. The van der Waals surface area contributed by atoms with E-state index in [1.54, 1.807) is 0 Å². The first-order valence-electron chi connectivity index (χ1n) is 6.03. The highest BCUT2D eigenvalue weighted by Crippen LogP contribution is 2.23. The fourth-order valence-electron chi connectivity index (χ4n) is 2.23. The van der Waals surface area contributed by atoms with E-state index < -0.39 is 0 Å². The molecule has 0 aliphatic carbocycles. The van der Waals surface area contributed by atoms with E-state index >= 15 is 0 Å². The van der Waals surface area contributed by atoms with Gasteiger partial charge in [0.25, 0.3) is 0 Å². The van der Waals surface area contributed by atoms with Gasteiger partial charge in [-0.3, -0.25) is 14.5 Å².